The van der Waals surface area contributed by atoms with E-state index in [1.807, 2.05) is 0 Å². The lowest BCUT2D eigenvalue weighted by Crippen LogP contribution is -1.97. The maximum Gasteiger partial charge on any atom is 0.139 e. The summed E-state index contributed by atoms with van der Waals surface area (Å²) in [6.45, 7) is 0. The molecule has 0 spiro atoms. The number of hydrogen-bond donors (Lipinski definition) is 2. The molecule has 2 aromatic carbocycles. The average molecular weight is 288 g/mol. The highest BCUT2D eigenvalue weighted by Crippen LogP contribution is 2.33. The van der Waals surface area contributed by atoms with Gasteiger partial charge < -0.3 is 11.1 Å². The van der Waals surface area contributed by atoms with Gasteiger partial charge in [-0.3, -0.25) is 0 Å². The van der Waals surface area contributed by atoms with Crippen molar-refractivity contribution in [2.45, 2.75) is 0 Å². The number of rotatable bonds is 2. The van der Waals surface area contributed by atoms with Gasteiger partial charge in [0.1, 0.15) is 11.6 Å². The van der Waals surface area contributed by atoms with Crippen molar-refractivity contribution in [2.24, 2.45) is 0 Å². The Bertz CT molecular complexity index is 789. The molecule has 0 atom stereocenters. The van der Waals surface area contributed by atoms with Gasteiger partial charge in [0, 0.05) is 28.3 Å². The quantitative estimate of drug-likeness (QED) is 0.689. The first-order valence-electron chi connectivity index (χ1n) is 6.00. The number of nitrogens with zero attached hydrogens (tertiary/aromatic N) is 1. The average Bonchev–Trinajstić information content (AvgIpc) is 2.43. The first kappa shape index (κ1) is 12.7. The van der Waals surface area contributed by atoms with Crippen molar-refractivity contribution in [3.8, 4) is 0 Å². The summed E-state index contributed by atoms with van der Waals surface area (Å²) in [5.74, 6) is 0.228. The van der Waals surface area contributed by atoms with Crippen LogP contribution in [-0.4, -0.2) is 4.98 Å². The summed E-state index contributed by atoms with van der Waals surface area (Å²) in [7, 11) is 0. The summed E-state index contributed by atoms with van der Waals surface area (Å²) >= 11 is 6.22. The van der Waals surface area contributed by atoms with Crippen LogP contribution in [0.4, 0.5) is 21.6 Å². The zero-order valence-electron chi connectivity index (χ0n) is 10.4. The van der Waals surface area contributed by atoms with Gasteiger partial charge in [-0.1, -0.05) is 17.7 Å². The standard InChI is InChI=1S/C15H11ClFN3/c16-12-4-5-13(18)11-6-7-19-15(14(11)12)20-10-3-1-2-9(17)8-10/h1-8H,18H2,(H,19,20). The zero-order chi connectivity index (χ0) is 14.1. The van der Waals surface area contributed by atoms with Crippen LogP contribution in [0.1, 0.15) is 0 Å². The predicted octanol–water partition coefficient (Wildman–Crippen LogP) is 4.35. The largest absolute Gasteiger partial charge is 0.398 e. The van der Waals surface area contributed by atoms with Crippen LogP contribution in [0.15, 0.2) is 48.7 Å². The summed E-state index contributed by atoms with van der Waals surface area (Å²) in [6.07, 6.45) is 1.64. The van der Waals surface area contributed by atoms with E-state index in [9.17, 15) is 4.39 Å². The van der Waals surface area contributed by atoms with Gasteiger partial charge in [-0.05, 0) is 36.4 Å². The van der Waals surface area contributed by atoms with Crippen molar-refractivity contribution in [2.75, 3.05) is 11.1 Å². The molecule has 100 valence electrons. The molecule has 1 aromatic heterocycles. The third-order valence-electron chi connectivity index (χ3n) is 3.00. The van der Waals surface area contributed by atoms with Gasteiger partial charge in [-0.25, -0.2) is 9.37 Å². The lowest BCUT2D eigenvalue weighted by molar-refractivity contribution is 0.628. The molecular formula is C15H11ClFN3. The fourth-order valence-corrected chi connectivity index (χ4v) is 2.33. The fraction of sp³-hybridized carbons (Fsp3) is 0. The minimum atomic E-state index is -0.319. The molecular weight excluding hydrogens is 277 g/mol. The molecule has 0 bridgehead atoms. The van der Waals surface area contributed by atoms with Crippen LogP contribution in [0.25, 0.3) is 10.8 Å². The number of nitrogens with two attached hydrogens (primary N) is 1. The zero-order valence-corrected chi connectivity index (χ0v) is 11.2. The monoisotopic (exact) mass is 287 g/mol. The Labute approximate surface area is 120 Å². The third-order valence-corrected chi connectivity index (χ3v) is 3.31. The summed E-state index contributed by atoms with van der Waals surface area (Å²) in [5.41, 5.74) is 7.16. The van der Waals surface area contributed by atoms with Crippen LogP contribution in [0.3, 0.4) is 0 Å². The van der Waals surface area contributed by atoms with E-state index in [0.29, 0.717) is 22.2 Å². The third kappa shape index (κ3) is 2.26. The molecule has 3 rings (SSSR count). The molecule has 0 radical (unpaired) electrons. The van der Waals surface area contributed by atoms with Crippen LogP contribution in [-0.2, 0) is 0 Å². The fourth-order valence-electron chi connectivity index (χ4n) is 2.08. The number of fused-ring (bicyclic) bond motifs is 1. The van der Waals surface area contributed by atoms with E-state index in [1.54, 1.807) is 36.5 Å². The van der Waals surface area contributed by atoms with E-state index < -0.39 is 0 Å². The van der Waals surface area contributed by atoms with E-state index in [-0.39, 0.29) is 5.82 Å². The Balaban J connectivity index is 2.15. The Kier molecular flexibility index (Phi) is 3.16. The van der Waals surface area contributed by atoms with Gasteiger partial charge in [0.2, 0.25) is 0 Å². The van der Waals surface area contributed by atoms with Gasteiger partial charge in [0.25, 0.3) is 0 Å². The number of hydrogen-bond acceptors (Lipinski definition) is 3. The van der Waals surface area contributed by atoms with Crippen LogP contribution < -0.4 is 11.1 Å². The van der Waals surface area contributed by atoms with Gasteiger partial charge in [0.05, 0.1) is 5.02 Å². The number of pyridine rings is 1. The lowest BCUT2D eigenvalue weighted by Gasteiger charge is -2.11. The minimum absolute atomic E-state index is 0.319. The molecule has 5 heteroatoms. The van der Waals surface area contributed by atoms with Crippen LogP contribution in [0, 0.1) is 5.82 Å². The van der Waals surface area contributed by atoms with E-state index in [4.69, 9.17) is 17.3 Å². The normalized spacial score (nSPS) is 10.7. The van der Waals surface area contributed by atoms with Crippen LogP contribution in [0.2, 0.25) is 5.02 Å². The minimum Gasteiger partial charge on any atom is -0.398 e. The lowest BCUT2D eigenvalue weighted by atomic mass is 10.1. The second-order valence-electron chi connectivity index (χ2n) is 4.35. The molecule has 0 saturated heterocycles. The van der Waals surface area contributed by atoms with Crippen LogP contribution in [0.5, 0.6) is 0 Å². The SMILES string of the molecule is Nc1ccc(Cl)c2c(Nc3cccc(F)c3)nccc12. The molecule has 0 aliphatic heterocycles. The first-order chi connectivity index (χ1) is 9.65. The smallest absolute Gasteiger partial charge is 0.139 e. The second kappa shape index (κ2) is 4.98. The van der Waals surface area contributed by atoms with E-state index in [0.717, 1.165) is 10.8 Å². The summed E-state index contributed by atoms with van der Waals surface area (Å²) in [4.78, 5) is 4.26. The molecule has 20 heavy (non-hydrogen) atoms. The number of aromatic nitrogens is 1. The number of nitrogens with one attached hydrogen (secondary N) is 1. The number of nitrogen functional groups attached to an aromatic ring is 1. The summed E-state index contributed by atoms with van der Waals surface area (Å²) < 4.78 is 13.2. The topological polar surface area (TPSA) is 50.9 Å². The van der Waals surface area contributed by atoms with Crippen molar-refractivity contribution in [1.29, 1.82) is 0 Å². The molecule has 0 fully saturated rings. The van der Waals surface area contributed by atoms with Gasteiger partial charge in [-0.2, -0.15) is 0 Å². The van der Waals surface area contributed by atoms with E-state index >= 15 is 0 Å². The van der Waals surface area contributed by atoms with Crippen molar-refractivity contribution >= 4 is 39.6 Å². The molecule has 3 nitrogen and oxygen atoms in total. The predicted molar refractivity (Wildman–Crippen MR) is 80.8 cm³/mol. The molecule has 3 N–H and O–H groups in total. The molecule has 0 unspecified atom stereocenters. The van der Waals surface area contributed by atoms with Crippen molar-refractivity contribution < 1.29 is 4.39 Å². The number of halogens is 2. The maximum absolute atomic E-state index is 13.2. The molecule has 0 aliphatic carbocycles. The van der Waals surface area contributed by atoms with Crippen molar-refractivity contribution in [3.63, 3.8) is 0 Å². The van der Waals surface area contributed by atoms with Gasteiger partial charge in [0.15, 0.2) is 0 Å². The molecule has 3 aromatic rings. The second-order valence-corrected chi connectivity index (χ2v) is 4.76. The Hall–Kier alpha value is -2.33. The highest BCUT2D eigenvalue weighted by atomic mass is 35.5. The molecule has 0 saturated carbocycles. The summed E-state index contributed by atoms with van der Waals surface area (Å²) in [5, 5.41) is 5.14. The van der Waals surface area contributed by atoms with Crippen molar-refractivity contribution in [1.82, 2.24) is 4.98 Å². The van der Waals surface area contributed by atoms with E-state index in [2.05, 4.69) is 10.3 Å². The Morgan fingerprint density at radius 1 is 1.15 bits per heavy atom. The molecule has 1 heterocycles. The first-order valence-corrected chi connectivity index (χ1v) is 6.38. The highest BCUT2D eigenvalue weighted by Gasteiger charge is 2.09. The highest BCUT2D eigenvalue weighted by molar-refractivity contribution is 6.37. The maximum atomic E-state index is 13.2. The van der Waals surface area contributed by atoms with Gasteiger partial charge in [-0.15, -0.1) is 0 Å². The molecule has 0 amide bonds. The van der Waals surface area contributed by atoms with Gasteiger partial charge >= 0.3 is 0 Å². The molecule has 0 aliphatic rings. The number of benzene rings is 2. The van der Waals surface area contributed by atoms with Crippen LogP contribution >= 0.6 is 11.6 Å². The number of anilines is 3. The van der Waals surface area contributed by atoms with Crippen molar-refractivity contribution in [3.05, 3.63) is 59.5 Å². The Morgan fingerprint density at radius 2 is 2.00 bits per heavy atom. The summed E-state index contributed by atoms with van der Waals surface area (Å²) in [6, 6.07) is 11.4. The van der Waals surface area contributed by atoms with E-state index in [1.165, 1.54) is 12.1 Å². The Morgan fingerprint density at radius 3 is 2.80 bits per heavy atom.